The number of alkyl halides is 3. The van der Waals surface area contributed by atoms with Crippen molar-refractivity contribution in [3.05, 3.63) is 18.0 Å². The zero-order valence-corrected chi connectivity index (χ0v) is 16.9. The van der Waals surface area contributed by atoms with Gasteiger partial charge in [-0.1, -0.05) is 0 Å². The molecule has 1 aliphatic carbocycles. The highest BCUT2D eigenvalue weighted by molar-refractivity contribution is 5.80. The molecule has 0 spiro atoms. The molecule has 9 nitrogen and oxygen atoms in total. The zero-order chi connectivity index (χ0) is 21.6. The molecule has 1 aromatic heterocycles. The highest BCUT2D eigenvalue weighted by Gasteiger charge is 2.32. The van der Waals surface area contributed by atoms with Crippen LogP contribution < -0.4 is 16.0 Å². The third-order valence-corrected chi connectivity index (χ3v) is 4.83. The molecule has 12 heteroatoms. The number of hydrogen-bond acceptors (Lipinski definition) is 6. The predicted molar refractivity (Wildman–Crippen MR) is 106 cm³/mol. The first kappa shape index (κ1) is 22.1. The number of halogens is 3. The molecule has 3 N–H and O–H groups in total. The summed E-state index contributed by atoms with van der Waals surface area (Å²) in [5.41, 5.74) is -0.979. The lowest BCUT2D eigenvalue weighted by molar-refractivity contribution is -0.141. The molecule has 0 radical (unpaired) electrons. The fourth-order valence-corrected chi connectivity index (χ4v) is 3.10. The van der Waals surface area contributed by atoms with Crippen LogP contribution in [0.25, 0.3) is 0 Å². The van der Waals surface area contributed by atoms with E-state index in [-0.39, 0.29) is 11.9 Å². The van der Waals surface area contributed by atoms with E-state index in [1.165, 1.54) is 0 Å². The molecule has 30 heavy (non-hydrogen) atoms. The van der Waals surface area contributed by atoms with E-state index < -0.39 is 11.9 Å². The highest BCUT2D eigenvalue weighted by atomic mass is 19.4. The van der Waals surface area contributed by atoms with Gasteiger partial charge in [0.1, 0.15) is 5.69 Å². The summed E-state index contributed by atoms with van der Waals surface area (Å²) < 4.78 is 38.1. The first-order chi connectivity index (χ1) is 14.3. The second kappa shape index (κ2) is 9.92. The van der Waals surface area contributed by atoms with Gasteiger partial charge in [0.2, 0.25) is 11.9 Å². The average molecular weight is 428 g/mol. The Bertz CT molecular complexity index is 745. The van der Waals surface area contributed by atoms with E-state index in [4.69, 9.17) is 0 Å². The van der Waals surface area contributed by atoms with Crippen LogP contribution in [0.2, 0.25) is 0 Å². The number of carbonyl (C=O) groups excluding carboxylic acids is 1. The maximum Gasteiger partial charge on any atom is 0.433 e. The van der Waals surface area contributed by atoms with Crippen molar-refractivity contribution in [3.63, 3.8) is 0 Å². The summed E-state index contributed by atoms with van der Waals surface area (Å²) in [6, 6.07) is 1.21. The largest absolute Gasteiger partial charge is 0.433 e. The number of hydrogen-bond donors (Lipinski definition) is 3. The van der Waals surface area contributed by atoms with E-state index in [1.54, 1.807) is 7.05 Å². The zero-order valence-electron chi connectivity index (χ0n) is 16.9. The molecule has 2 aliphatic rings. The van der Waals surface area contributed by atoms with Crippen LogP contribution in [0.4, 0.5) is 19.1 Å². The van der Waals surface area contributed by atoms with Crippen LogP contribution in [0.3, 0.4) is 0 Å². The Morgan fingerprint density at radius 3 is 2.60 bits per heavy atom. The molecule has 1 aliphatic heterocycles. The van der Waals surface area contributed by atoms with Crippen LogP contribution in [-0.4, -0.2) is 90.5 Å². The number of nitrogens with zero attached hydrogens (tertiary/aromatic N) is 5. The van der Waals surface area contributed by atoms with E-state index in [9.17, 15) is 18.0 Å². The molecule has 0 unspecified atom stereocenters. The number of anilines is 1. The van der Waals surface area contributed by atoms with Crippen molar-refractivity contribution in [2.45, 2.75) is 25.1 Å². The van der Waals surface area contributed by atoms with Gasteiger partial charge in [0.15, 0.2) is 5.96 Å². The van der Waals surface area contributed by atoms with Crippen molar-refractivity contribution in [2.24, 2.45) is 4.99 Å². The van der Waals surface area contributed by atoms with Gasteiger partial charge in [0, 0.05) is 58.6 Å². The standard InChI is InChI=1S/C18H27F3N8O/c1-22-17(25-7-6-24-16-23-5-4-14(27-16)18(19,20)21)29-10-8-28(9-11-29)12-15(30)26-13-2-3-13/h4-5,13H,2-3,6-12H2,1H3,(H,22,25)(H,26,30)(H,23,24,27). The molecule has 0 aromatic carbocycles. The minimum Gasteiger partial charge on any atom is -0.354 e. The monoisotopic (exact) mass is 428 g/mol. The Kier molecular flexibility index (Phi) is 7.29. The molecular formula is C18H27F3N8O. The first-order valence-electron chi connectivity index (χ1n) is 9.96. The van der Waals surface area contributed by atoms with Crippen LogP contribution in [-0.2, 0) is 11.0 Å². The Morgan fingerprint density at radius 1 is 1.23 bits per heavy atom. The van der Waals surface area contributed by atoms with Gasteiger partial charge < -0.3 is 20.9 Å². The quantitative estimate of drug-likeness (QED) is 0.328. The summed E-state index contributed by atoms with van der Waals surface area (Å²) in [5, 5.41) is 8.96. The van der Waals surface area contributed by atoms with Crippen molar-refractivity contribution >= 4 is 17.8 Å². The highest BCUT2D eigenvalue weighted by Crippen LogP contribution is 2.27. The van der Waals surface area contributed by atoms with Gasteiger partial charge in [-0.15, -0.1) is 0 Å². The van der Waals surface area contributed by atoms with E-state index in [0.29, 0.717) is 31.6 Å². The average Bonchev–Trinajstić information content (AvgIpc) is 3.52. The minimum atomic E-state index is -4.50. The molecule has 1 saturated heterocycles. The molecule has 2 fully saturated rings. The fraction of sp³-hybridized carbons (Fsp3) is 0.667. The topological polar surface area (TPSA) is 97.8 Å². The molecule has 0 bridgehead atoms. The van der Waals surface area contributed by atoms with Crippen LogP contribution in [0.5, 0.6) is 0 Å². The Hall–Kier alpha value is -2.63. The lowest BCUT2D eigenvalue weighted by Gasteiger charge is -2.36. The number of aliphatic imine (C=N–C) groups is 1. The number of piperazine rings is 1. The maximum absolute atomic E-state index is 12.7. The van der Waals surface area contributed by atoms with Gasteiger partial charge in [0.25, 0.3) is 0 Å². The predicted octanol–water partition coefficient (Wildman–Crippen LogP) is 0.379. The van der Waals surface area contributed by atoms with E-state index in [1.807, 2.05) is 0 Å². The van der Waals surface area contributed by atoms with Gasteiger partial charge in [-0.25, -0.2) is 9.97 Å². The third-order valence-electron chi connectivity index (χ3n) is 4.83. The molecule has 166 valence electrons. The summed E-state index contributed by atoms with van der Waals surface area (Å²) >= 11 is 0. The lowest BCUT2D eigenvalue weighted by Crippen LogP contribution is -2.54. The summed E-state index contributed by atoms with van der Waals surface area (Å²) in [6.07, 6.45) is -1.26. The van der Waals surface area contributed by atoms with Gasteiger partial charge in [0.05, 0.1) is 6.54 Å². The van der Waals surface area contributed by atoms with Crippen LogP contribution in [0.15, 0.2) is 17.3 Å². The molecule has 2 heterocycles. The van der Waals surface area contributed by atoms with E-state index >= 15 is 0 Å². The summed E-state index contributed by atoms with van der Waals surface area (Å²) in [7, 11) is 1.68. The normalized spacial score (nSPS) is 18.3. The number of carbonyl (C=O) groups is 1. The van der Waals surface area contributed by atoms with Gasteiger partial charge in [-0.2, -0.15) is 13.2 Å². The number of nitrogens with one attached hydrogen (secondary N) is 3. The van der Waals surface area contributed by atoms with Crippen molar-refractivity contribution in [1.29, 1.82) is 0 Å². The van der Waals surface area contributed by atoms with Crippen LogP contribution in [0, 0.1) is 0 Å². The lowest BCUT2D eigenvalue weighted by atomic mass is 10.3. The van der Waals surface area contributed by atoms with E-state index in [0.717, 1.165) is 51.3 Å². The first-order valence-corrected chi connectivity index (χ1v) is 9.96. The van der Waals surface area contributed by atoms with Crippen molar-refractivity contribution in [1.82, 2.24) is 30.4 Å². The summed E-state index contributed by atoms with van der Waals surface area (Å²) in [5.74, 6) is 0.722. The van der Waals surface area contributed by atoms with Crippen molar-refractivity contribution in [2.75, 3.05) is 58.2 Å². The molecule has 1 saturated carbocycles. The Balaban J connectivity index is 1.36. The molecule has 1 amide bonds. The van der Waals surface area contributed by atoms with Crippen molar-refractivity contribution < 1.29 is 18.0 Å². The van der Waals surface area contributed by atoms with Crippen LogP contribution >= 0.6 is 0 Å². The second-order valence-electron chi connectivity index (χ2n) is 7.27. The number of aromatic nitrogens is 2. The number of rotatable bonds is 7. The molecule has 1 aromatic rings. The van der Waals surface area contributed by atoms with Gasteiger partial charge >= 0.3 is 6.18 Å². The number of guanidine groups is 1. The molecular weight excluding hydrogens is 401 g/mol. The Morgan fingerprint density at radius 2 is 1.97 bits per heavy atom. The van der Waals surface area contributed by atoms with Crippen molar-refractivity contribution in [3.8, 4) is 0 Å². The second-order valence-corrected chi connectivity index (χ2v) is 7.27. The number of amides is 1. The third kappa shape index (κ3) is 6.71. The minimum absolute atomic E-state index is 0.0697. The van der Waals surface area contributed by atoms with Crippen LogP contribution in [0.1, 0.15) is 18.5 Å². The van der Waals surface area contributed by atoms with Gasteiger partial charge in [-0.05, 0) is 18.9 Å². The molecule has 3 rings (SSSR count). The van der Waals surface area contributed by atoms with E-state index in [2.05, 4.69) is 40.7 Å². The van der Waals surface area contributed by atoms with Gasteiger partial charge in [-0.3, -0.25) is 14.7 Å². The Labute approximate surface area is 173 Å². The maximum atomic E-state index is 12.7. The summed E-state index contributed by atoms with van der Waals surface area (Å²) in [4.78, 5) is 27.7. The molecule has 0 atom stereocenters. The smallest absolute Gasteiger partial charge is 0.354 e. The summed E-state index contributed by atoms with van der Waals surface area (Å²) in [6.45, 7) is 4.18. The fourth-order valence-electron chi connectivity index (χ4n) is 3.10. The SMILES string of the molecule is CN=C(NCCNc1nccc(C(F)(F)F)n1)N1CCN(CC(=O)NC2CC2)CC1.